The van der Waals surface area contributed by atoms with Gasteiger partial charge in [-0.2, -0.15) is 0 Å². The maximum absolute atomic E-state index is 12.3. The van der Waals surface area contributed by atoms with E-state index in [-0.39, 0.29) is 11.9 Å². The van der Waals surface area contributed by atoms with Crippen molar-refractivity contribution in [2.75, 3.05) is 14.2 Å². The number of esters is 1. The van der Waals surface area contributed by atoms with Gasteiger partial charge < -0.3 is 14.2 Å². The molecule has 1 aromatic carbocycles. The summed E-state index contributed by atoms with van der Waals surface area (Å²) in [5.41, 5.74) is 1.07. The van der Waals surface area contributed by atoms with E-state index in [0.717, 1.165) is 24.3 Å². The Labute approximate surface area is 155 Å². The van der Waals surface area contributed by atoms with Crippen molar-refractivity contribution in [2.45, 2.75) is 45.4 Å². The Kier molecular flexibility index (Phi) is 5.96. The van der Waals surface area contributed by atoms with Gasteiger partial charge in [-0.05, 0) is 55.9 Å². The first-order valence-electron chi connectivity index (χ1n) is 9.39. The highest BCUT2D eigenvalue weighted by molar-refractivity contribution is 6.08. The molecule has 0 atom stereocenters. The molecule has 0 spiro atoms. The average Bonchev–Trinajstić information content (AvgIpc) is 3.03. The fraction of sp³-hybridized carbons (Fsp3) is 0.524. The second kappa shape index (κ2) is 8.39. The molecule has 1 fully saturated rings. The Hall–Kier alpha value is -2.30. The smallest absolute Gasteiger partial charge is 0.363 e. The van der Waals surface area contributed by atoms with Crippen molar-refractivity contribution in [3.63, 3.8) is 0 Å². The number of nitrogens with zero attached hydrogens (tertiary/aromatic N) is 1. The summed E-state index contributed by atoms with van der Waals surface area (Å²) in [6.07, 6.45) is 8.72. The topological polar surface area (TPSA) is 57.1 Å². The van der Waals surface area contributed by atoms with Crippen LogP contribution in [0.2, 0.25) is 0 Å². The highest BCUT2D eigenvalue weighted by Crippen LogP contribution is 2.35. The van der Waals surface area contributed by atoms with Crippen LogP contribution in [0.25, 0.3) is 6.08 Å². The number of hydrogen-bond donors (Lipinski definition) is 0. The van der Waals surface area contributed by atoms with Gasteiger partial charge in [0.05, 0.1) is 14.2 Å². The van der Waals surface area contributed by atoms with Crippen LogP contribution < -0.4 is 9.47 Å². The third kappa shape index (κ3) is 4.09. The molecule has 0 amide bonds. The minimum absolute atomic E-state index is 0.255. The van der Waals surface area contributed by atoms with Gasteiger partial charge in [-0.15, -0.1) is 0 Å². The minimum atomic E-state index is -0.388. The van der Waals surface area contributed by atoms with E-state index in [1.165, 1.54) is 25.7 Å². The molecule has 26 heavy (non-hydrogen) atoms. The lowest BCUT2D eigenvalue weighted by atomic mass is 9.80. The van der Waals surface area contributed by atoms with Gasteiger partial charge in [-0.3, -0.25) is 0 Å². The highest BCUT2D eigenvalue weighted by Gasteiger charge is 2.32. The van der Waals surface area contributed by atoms with E-state index in [9.17, 15) is 4.79 Å². The Balaban J connectivity index is 1.77. The molecule has 0 radical (unpaired) electrons. The summed E-state index contributed by atoms with van der Waals surface area (Å²) in [6.45, 7) is 2.23. The monoisotopic (exact) mass is 357 g/mol. The van der Waals surface area contributed by atoms with Gasteiger partial charge in [0, 0.05) is 11.5 Å². The van der Waals surface area contributed by atoms with Gasteiger partial charge in [-0.1, -0.05) is 19.8 Å². The maximum atomic E-state index is 12.3. The standard InChI is InChI=1S/C21H27NO4/c1-4-5-14-6-8-15(9-7-14)20-22-18(21(23)26-20)13-16-12-17(24-2)10-11-19(16)25-3/h10-15H,4-9H2,1-3H3. The van der Waals surface area contributed by atoms with Crippen molar-refractivity contribution < 1.29 is 19.0 Å². The first-order chi connectivity index (χ1) is 12.6. The molecule has 1 heterocycles. The molecular formula is C21H27NO4. The molecular weight excluding hydrogens is 330 g/mol. The van der Waals surface area contributed by atoms with Crippen molar-refractivity contribution in [3.8, 4) is 11.5 Å². The Morgan fingerprint density at radius 3 is 2.62 bits per heavy atom. The summed E-state index contributed by atoms with van der Waals surface area (Å²) in [5, 5.41) is 0. The third-order valence-corrected chi connectivity index (χ3v) is 5.26. The van der Waals surface area contributed by atoms with Crippen molar-refractivity contribution >= 4 is 17.9 Å². The van der Waals surface area contributed by atoms with Gasteiger partial charge >= 0.3 is 5.97 Å². The van der Waals surface area contributed by atoms with E-state index in [4.69, 9.17) is 14.2 Å². The van der Waals surface area contributed by atoms with Crippen LogP contribution >= 0.6 is 0 Å². The van der Waals surface area contributed by atoms with Crippen LogP contribution in [0.15, 0.2) is 28.9 Å². The molecule has 140 valence electrons. The summed E-state index contributed by atoms with van der Waals surface area (Å²) in [5.74, 6) is 2.62. The molecule has 1 saturated carbocycles. The molecule has 1 aromatic rings. The first kappa shape index (κ1) is 18.5. The highest BCUT2D eigenvalue weighted by atomic mass is 16.6. The van der Waals surface area contributed by atoms with Crippen molar-refractivity contribution in [1.82, 2.24) is 0 Å². The zero-order chi connectivity index (χ0) is 18.5. The number of hydrogen-bond acceptors (Lipinski definition) is 5. The van der Waals surface area contributed by atoms with Crippen LogP contribution in [0.1, 0.15) is 51.0 Å². The Morgan fingerprint density at radius 1 is 1.19 bits per heavy atom. The minimum Gasteiger partial charge on any atom is -0.497 e. The SMILES string of the molecule is CCCC1CCC(C2=NC(=Cc3cc(OC)ccc3OC)C(=O)O2)CC1. The van der Waals surface area contributed by atoms with Gasteiger partial charge in [-0.25, -0.2) is 9.79 Å². The van der Waals surface area contributed by atoms with Gasteiger partial charge in [0.2, 0.25) is 5.90 Å². The van der Waals surface area contributed by atoms with Crippen LogP contribution in [0, 0.1) is 11.8 Å². The van der Waals surface area contributed by atoms with Crippen molar-refractivity contribution in [1.29, 1.82) is 0 Å². The van der Waals surface area contributed by atoms with E-state index in [0.29, 0.717) is 23.1 Å². The predicted molar refractivity (Wildman–Crippen MR) is 101 cm³/mol. The fourth-order valence-electron chi connectivity index (χ4n) is 3.81. The first-order valence-corrected chi connectivity index (χ1v) is 9.39. The van der Waals surface area contributed by atoms with Crippen molar-refractivity contribution in [3.05, 3.63) is 29.5 Å². The van der Waals surface area contributed by atoms with E-state index in [2.05, 4.69) is 11.9 Å². The zero-order valence-electron chi connectivity index (χ0n) is 15.8. The summed E-state index contributed by atoms with van der Waals surface area (Å²) in [6, 6.07) is 5.45. The number of carbonyl (C=O) groups excluding carboxylic acids is 1. The molecule has 0 saturated heterocycles. The van der Waals surface area contributed by atoms with Gasteiger partial charge in [0.15, 0.2) is 5.70 Å². The lowest BCUT2D eigenvalue weighted by Crippen LogP contribution is -2.22. The lowest BCUT2D eigenvalue weighted by Gasteiger charge is -2.27. The lowest BCUT2D eigenvalue weighted by molar-refractivity contribution is -0.130. The molecule has 0 bridgehead atoms. The number of ether oxygens (including phenoxy) is 3. The van der Waals surface area contributed by atoms with E-state index in [1.54, 1.807) is 20.3 Å². The predicted octanol–water partition coefficient (Wildman–Crippen LogP) is 4.61. The summed E-state index contributed by atoms with van der Waals surface area (Å²) < 4.78 is 16.1. The van der Waals surface area contributed by atoms with E-state index >= 15 is 0 Å². The van der Waals surface area contributed by atoms with Gasteiger partial charge in [0.1, 0.15) is 11.5 Å². The molecule has 0 N–H and O–H groups in total. The number of methoxy groups -OCH3 is 2. The van der Waals surface area contributed by atoms with Crippen LogP contribution in [0.5, 0.6) is 11.5 Å². The Morgan fingerprint density at radius 2 is 1.96 bits per heavy atom. The van der Waals surface area contributed by atoms with E-state index < -0.39 is 0 Å². The zero-order valence-corrected chi connectivity index (χ0v) is 15.8. The molecule has 5 heteroatoms. The van der Waals surface area contributed by atoms with Crippen LogP contribution in [-0.2, 0) is 9.53 Å². The van der Waals surface area contributed by atoms with E-state index in [1.807, 2.05) is 18.2 Å². The van der Waals surface area contributed by atoms with Crippen LogP contribution in [-0.4, -0.2) is 26.1 Å². The number of carbonyl (C=O) groups is 1. The van der Waals surface area contributed by atoms with Crippen LogP contribution in [0.4, 0.5) is 0 Å². The molecule has 1 aliphatic carbocycles. The Bertz CT molecular complexity index is 715. The normalized spacial score (nSPS) is 24.3. The molecule has 3 rings (SSSR count). The molecule has 2 aliphatic rings. The second-order valence-corrected chi connectivity index (χ2v) is 6.98. The largest absolute Gasteiger partial charge is 0.497 e. The number of cyclic esters (lactones) is 1. The third-order valence-electron chi connectivity index (χ3n) is 5.26. The summed E-state index contributed by atoms with van der Waals surface area (Å²) in [7, 11) is 3.20. The van der Waals surface area contributed by atoms with Gasteiger partial charge in [0.25, 0.3) is 0 Å². The average molecular weight is 357 g/mol. The molecule has 0 unspecified atom stereocenters. The second-order valence-electron chi connectivity index (χ2n) is 6.98. The quantitative estimate of drug-likeness (QED) is 0.551. The summed E-state index contributed by atoms with van der Waals surface area (Å²) in [4.78, 5) is 16.8. The van der Waals surface area contributed by atoms with Crippen molar-refractivity contribution in [2.24, 2.45) is 16.8 Å². The number of benzene rings is 1. The van der Waals surface area contributed by atoms with Crippen LogP contribution in [0.3, 0.4) is 0 Å². The number of aliphatic imine (C=N–C) groups is 1. The fourth-order valence-corrected chi connectivity index (χ4v) is 3.81. The maximum Gasteiger partial charge on any atom is 0.363 e. The molecule has 5 nitrogen and oxygen atoms in total. The molecule has 0 aromatic heterocycles. The summed E-state index contributed by atoms with van der Waals surface area (Å²) >= 11 is 0. The molecule has 1 aliphatic heterocycles. The number of rotatable bonds is 6.